The summed E-state index contributed by atoms with van der Waals surface area (Å²) in [7, 11) is 1.35. The highest BCUT2D eigenvalue weighted by atomic mass is 16.5. The van der Waals surface area contributed by atoms with Crippen LogP contribution in [0, 0.1) is 0 Å². The predicted octanol–water partition coefficient (Wildman–Crippen LogP) is 5.01. The number of hydrogen-bond acceptors (Lipinski definition) is 5. The Morgan fingerprint density at radius 2 is 1.71 bits per heavy atom. The number of hydrogen-bond donors (Lipinski definition) is 1. The molecule has 1 aromatic heterocycles. The number of benzene rings is 3. The molecule has 34 heavy (non-hydrogen) atoms. The standard InChI is InChI=1S/C27H23N3O4/c1-3-34-21-15-13-20(14-16-21)30-25(18-9-11-19(12-10-18)27(32)33-2)22-23(17-7-5-4-6-8-17)28-29-24(22)26(30)31/h4-16,25H,3H2,1-2H3,(H,28,29)/t25-/m1/s1. The van der Waals surface area contributed by atoms with Crippen molar-refractivity contribution in [1.82, 2.24) is 10.2 Å². The van der Waals surface area contributed by atoms with Gasteiger partial charge in [-0.1, -0.05) is 42.5 Å². The first-order valence-corrected chi connectivity index (χ1v) is 11.0. The largest absolute Gasteiger partial charge is 0.494 e. The van der Waals surface area contributed by atoms with Crippen LogP contribution in [0.1, 0.15) is 44.9 Å². The Kier molecular flexibility index (Phi) is 5.59. The first-order chi connectivity index (χ1) is 16.6. The Balaban J connectivity index is 1.64. The van der Waals surface area contributed by atoms with Gasteiger partial charge in [0.2, 0.25) is 0 Å². The zero-order valence-corrected chi connectivity index (χ0v) is 18.8. The molecule has 0 fully saturated rings. The number of esters is 1. The lowest BCUT2D eigenvalue weighted by Gasteiger charge is -2.27. The first kappa shape index (κ1) is 21.5. The minimum atomic E-state index is -0.430. The Morgan fingerprint density at radius 1 is 1.00 bits per heavy atom. The van der Waals surface area contributed by atoms with Gasteiger partial charge < -0.3 is 9.47 Å². The fourth-order valence-corrected chi connectivity index (χ4v) is 4.33. The van der Waals surface area contributed by atoms with E-state index in [1.807, 2.05) is 73.7 Å². The van der Waals surface area contributed by atoms with Crippen LogP contribution in [0.25, 0.3) is 11.3 Å². The van der Waals surface area contributed by atoms with Crippen LogP contribution >= 0.6 is 0 Å². The average Bonchev–Trinajstić information content (AvgIpc) is 3.44. The molecule has 0 radical (unpaired) electrons. The fraction of sp³-hybridized carbons (Fsp3) is 0.148. The van der Waals surface area contributed by atoms with E-state index in [1.54, 1.807) is 17.0 Å². The van der Waals surface area contributed by atoms with E-state index in [0.29, 0.717) is 17.9 Å². The minimum Gasteiger partial charge on any atom is -0.494 e. The molecular weight excluding hydrogens is 430 g/mol. The fourth-order valence-electron chi connectivity index (χ4n) is 4.33. The lowest BCUT2D eigenvalue weighted by Crippen LogP contribution is -2.29. The SMILES string of the molecule is CCOc1ccc(N2C(=O)c3[nH]nc(-c4ccccc4)c3[C@H]2c2ccc(C(=O)OC)cc2)cc1. The number of nitrogens with zero attached hydrogens (tertiary/aromatic N) is 2. The normalized spacial score (nSPS) is 14.7. The number of methoxy groups -OCH3 is 1. The minimum absolute atomic E-state index is 0.170. The van der Waals surface area contributed by atoms with Gasteiger partial charge in [-0.25, -0.2) is 4.79 Å². The molecule has 1 atom stereocenters. The van der Waals surface area contributed by atoms with Crippen molar-refractivity contribution in [3.63, 3.8) is 0 Å². The molecular formula is C27H23N3O4. The molecule has 0 saturated carbocycles. The van der Waals surface area contributed by atoms with Gasteiger partial charge in [-0.2, -0.15) is 5.10 Å². The molecule has 0 saturated heterocycles. The number of anilines is 1. The molecule has 7 heteroatoms. The van der Waals surface area contributed by atoms with Crippen molar-refractivity contribution in [2.45, 2.75) is 13.0 Å². The molecule has 3 aromatic carbocycles. The zero-order chi connectivity index (χ0) is 23.7. The smallest absolute Gasteiger partial charge is 0.337 e. The number of H-pyrrole nitrogens is 1. The topological polar surface area (TPSA) is 84.5 Å². The van der Waals surface area contributed by atoms with Crippen LogP contribution in [0.5, 0.6) is 5.75 Å². The summed E-state index contributed by atoms with van der Waals surface area (Å²) < 4.78 is 10.4. The third kappa shape index (κ3) is 3.61. The molecule has 0 spiro atoms. The van der Waals surface area contributed by atoms with Gasteiger partial charge in [-0.3, -0.25) is 14.8 Å². The van der Waals surface area contributed by atoms with Gasteiger partial charge in [0.15, 0.2) is 0 Å². The second-order valence-corrected chi connectivity index (χ2v) is 7.85. The third-order valence-electron chi connectivity index (χ3n) is 5.89. The van der Waals surface area contributed by atoms with Crippen LogP contribution < -0.4 is 9.64 Å². The first-order valence-electron chi connectivity index (χ1n) is 11.0. The number of aromatic amines is 1. The molecule has 5 rings (SSSR count). The van der Waals surface area contributed by atoms with Crippen LogP contribution in [-0.2, 0) is 4.74 Å². The van der Waals surface area contributed by atoms with Crippen molar-refractivity contribution in [3.8, 4) is 17.0 Å². The molecule has 0 aliphatic carbocycles. The number of nitrogens with one attached hydrogen (secondary N) is 1. The summed E-state index contributed by atoms with van der Waals surface area (Å²) in [4.78, 5) is 27.3. The molecule has 0 unspecified atom stereocenters. The van der Waals surface area contributed by atoms with Crippen molar-refractivity contribution in [2.24, 2.45) is 0 Å². The summed E-state index contributed by atoms with van der Waals surface area (Å²) in [5, 5.41) is 7.46. The Labute approximate surface area is 196 Å². The van der Waals surface area contributed by atoms with Crippen LogP contribution in [0.3, 0.4) is 0 Å². The van der Waals surface area contributed by atoms with Crippen LogP contribution in [0.4, 0.5) is 5.69 Å². The lowest BCUT2D eigenvalue weighted by molar-refractivity contribution is 0.0600. The summed E-state index contributed by atoms with van der Waals surface area (Å²) in [6.07, 6.45) is 0. The zero-order valence-electron chi connectivity index (χ0n) is 18.8. The van der Waals surface area contributed by atoms with Gasteiger partial charge in [0.05, 0.1) is 31.0 Å². The van der Waals surface area contributed by atoms with Crippen molar-refractivity contribution in [3.05, 3.63) is 101 Å². The summed E-state index contributed by atoms with van der Waals surface area (Å²) in [6, 6.07) is 23.9. The summed E-state index contributed by atoms with van der Waals surface area (Å²) in [5.74, 6) is 0.157. The number of amides is 1. The number of carbonyl (C=O) groups excluding carboxylic acids is 2. The van der Waals surface area contributed by atoms with Crippen LogP contribution in [-0.4, -0.2) is 35.8 Å². The van der Waals surface area contributed by atoms with Gasteiger partial charge in [-0.05, 0) is 48.9 Å². The lowest BCUT2D eigenvalue weighted by atomic mass is 9.95. The summed E-state index contributed by atoms with van der Waals surface area (Å²) in [5.41, 5.74) is 4.92. The van der Waals surface area contributed by atoms with E-state index in [-0.39, 0.29) is 5.91 Å². The Morgan fingerprint density at radius 3 is 2.35 bits per heavy atom. The monoisotopic (exact) mass is 453 g/mol. The maximum Gasteiger partial charge on any atom is 0.337 e. The van der Waals surface area contributed by atoms with E-state index < -0.39 is 12.0 Å². The van der Waals surface area contributed by atoms with Crippen molar-refractivity contribution in [2.75, 3.05) is 18.6 Å². The highest BCUT2D eigenvalue weighted by Gasteiger charge is 2.43. The van der Waals surface area contributed by atoms with E-state index in [9.17, 15) is 9.59 Å². The van der Waals surface area contributed by atoms with Gasteiger partial charge in [0.25, 0.3) is 5.91 Å². The Bertz CT molecular complexity index is 1330. The number of rotatable bonds is 6. The molecule has 1 amide bonds. The number of ether oxygens (including phenoxy) is 2. The molecule has 0 bridgehead atoms. The number of fused-ring (bicyclic) bond motifs is 1. The van der Waals surface area contributed by atoms with Gasteiger partial charge in [0.1, 0.15) is 11.4 Å². The molecule has 1 aliphatic rings. The van der Waals surface area contributed by atoms with E-state index in [0.717, 1.165) is 33.8 Å². The maximum atomic E-state index is 13.6. The van der Waals surface area contributed by atoms with Gasteiger partial charge in [0, 0.05) is 16.8 Å². The highest BCUT2D eigenvalue weighted by molar-refractivity contribution is 6.11. The van der Waals surface area contributed by atoms with E-state index in [2.05, 4.69) is 10.2 Å². The average molecular weight is 453 g/mol. The van der Waals surface area contributed by atoms with E-state index in [1.165, 1.54) is 7.11 Å². The quantitative estimate of drug-likeness (QED) is 0.415. The molecule has 1 N–H and O–H groups in total. The van der Waals surface area contributed by atoms with Crippen molar-refractivity contribution >= 4 is 17.6 Å². The van der Waals surface area contributed by atoms with Gasteiger partial charge >= 0.3 is 5.97 Å². The second-order valence-electron chi connectivity index (χ2n) is 7.85. The summed E-state index contributed by atoms with van der Waals surface area (Å²) in [6.45, 7) is 2.49. The molecule has 4 aromatic rings. The molecule has 170 valence electrons. The van der Waals surface area contributed by atoms with E-state index >= 15 is 0 Å². The molecule has 2 heterocycles. The Hall–Kier alpha value is -4.39. The van der Waals surface area contributed by atoms with Crippen molar-refractivity contribution < 1.29 is 19.1 Å². The maximum absolute atomic E-state index is 13.6. The van der Waals surface area contributed by atoms with Crippen molar-refractivity contribution in [1.29, 1.82) is 0 Å². The predicted molar refractivity (Wildman–Crippen MR) is 128 cm³/mol. The van der Waals surface area contributed by atoms with Crippen LogP contribution in [0.15, 0.2) is 78.9 Å². The van der Waals surface area contributed by atoms with E-state index in [4.69, 9.17) is 9.47 Å². The second kappa shape index (κ2) is 8.86. The number of carbonyl (C=O) groups is 2. The van der Waals surface area contributed by atoms with Gasteiger partial charge in [-0.15, -0.1) is 0 Å². The molecule has 7 nitrogen and oxygen atoms in total. The summed E-state index contributed by atoms with van der Waals surface area (Å²) >= 11 is 0. The third-order valence-corrected chi connectivity index (χ3v) is 5.89. The number of aromatic nitrogens is 2. The molecule has 1 aliphatic heterocycles. The highest BCUT2D eigenvalue weighted by Crippen LogP contribution is 2.45. The van der Waals surface area contributed by atoms with Crippen LogP contribution in [0.2, 0.25) is 0 Å².